The molecule has 0 aromatic carbocycles. The SMILES string of the molecule is CC.CC(C)C(=O)CN1CCN(C)CC1. The summed E-state index contributed by atoms with van der Waals surface area (Å²) in [7, 11) is 2.13. The summed E-state index contributed by atoms with van der Waals surface area (Å²) in [5, 5.41) is 0. The van der Waals surface area contributed by atoms with Crippen LogP contribution in [-0.2, 0) is 4.79 Å². The fourth-order valence-corrected chi connectivity index (χ4v) is 1.41. The van der Waals surface area contributed by atoms with E-state index >= 15 is 0 Å². The van der Waals surface area contributed by atoms with Gasteiger partial charge < -0.3 is 4.90 Å². The number of hydrogen-bond donors (Lipinski definition) is 0. The first-order valence-electron chi connectivity index (χ1n) is 6.03. The van der Waals surface area contributed by atoms with Crippen LogP contribution in [0.1, 0.15) is 27.7 Å². The van der Waals surface area contributed by atoms with Crippen LogP contribution in [0.15, 0.2) is 0 Å². The van der Waals surface area contributed by atoms with Crippen LogP contribution < -0.4 is 0 Å². The highest BCUT2D eigenvalue weighted by atomic mass is 16.1. The molecule has 1 saturated heterocycles. The predicted molar refractivity (Wildman–Crippen MR) is 65.1 cm³/mol. The van der Waals surface area contributed by atoms with Crippen molar-refractivity contribution in [3.63, 3.8) is 0 Å². The fourth-order valence-electron chi connectivity index (χ4n) is 1.41. The first-order chi connectivity index (χ1) is 7.09. The van der Waals surface area contributed by atoms with Crippen molar-refractivity contribution in [2.24, 2.45) is 5.92 Å². The van der Waals surface area contributed by atoms with Crippen LogP contribution in [0.3, 0.4) is 0 Å². The lowest BCUT2D eigenvalue weighted by Crippen LogP contribution is -2.46. The van der Waals surface area contributed by atoms with Gasteiger partial charge in [-0.1, -0.05) is 27.7 Å². The summed E-state index contributed by atoms with van der Waals surface area (Å²) < 4.78 is 0. The molecule has 0 aromatic rings. The van der Waals surface area contributed by atoms with Crippen molar-refractivity contribution < 1.29 is 4.79 Å². The zero-order valence-corrected chi connectivity index (χ0v) is 10.9. The third-order valence-electron chi connectivity index (χ3n) is 2.62. The van der Waals surface area contributed by atoms with Gasteiger partial charge in [0.1, 0.15) is 5.78 Å². The van der Waals surface area contributed by atoms with Gasteiger partial charge >= 0.3 is 0 Å². The minimum atomic E-state index is 0.180. The van der Waals surface area contributed by atoms with Gasteiger partial charge in [0.25, 0.3) is 0 Å². The molecule has 0 saturated carbocycles. The lowest BCUT2D eigenvalue weighted by Gasteiger charge is -2.32. The highest BCUT2D eigenvalue weighted by Crippen LogP contribution is 2.02. The lowest BCUT2D eigenvalue weighted by molar-refractivity contribution is -0.123. The first-order valence-corrected chi connectivity index (χ1v) is 6.03. The summed E-state index contributed by atoms with van der Waals surface area (Å²) in [4.78, 5) is 16.0. The molecule has 15 heavy (non-hydrogen) atoms. The zero-order chi connectivity index (χ0) is 11.8. The maximum absolute atomic E-state index is 11.4. The molecule has 0 aliphatic carbocycles. The van der Waals surface area contributed by atoms with E-state index in [0.29, 0.717) is 12.3 Å². The topological polar surface area (TPSA) is 23.6 Å². The van der Waals surface area contributed by atoms with Crippen molar-refractivity contribution in [2.45, 2.75) is 27.7 Å². The fraction of sp³-hybridized carbons (Fsp3) is 0.917. The first kappa shape index (κ1) is 14.6. The van der Waals surface area contributed by atoms with E-state index in [-0.39, 0.29) is 5.92 Å². The van der Waals surface area contributed by atoms with Crippen LogP contribution in [0.25, 0.3) is 0 Å². The zero-order valence-electron chi connectivity index (χ0n) is 10.9. The molecule has 0 aromatic heterocycles. The quantitative estimate of drug-likeness (QED) is 0.711. The van der Waals surface area contributed by atoms with Gasteiger partial charge in [-0.2, -0.15) is 0 Å². The number of carbonyl (C=O) groups is 1. The van der Waals surface area contributed by atoms with Crippen molar-refractivity contribution in [3.05, 3.63) is 0 Å². The minimum absolute atomic E-state index is 0.180. The maximum Gasteiger partial charge on any atom is 0.149 e. The van der Waals surface area contributed by atoms with Gasteiger partial charge in [-0.25, -0.2) is 0 Å². The van der Waals surface area contributed by atoms with E-state index in [0.717, 1.165) is 26.2 Å². The van der Waals surface area contributed by atoms with E-state index in [1.54, 1.807) is 0 Å². The van der Waals surface area contributed by atoms with Crippen molar-refractivity contribution in [2.75, 3.05) is 39.8 Å². The number of ketones is 1. The summed E-state index contributed by atoms with van der Waals surface area (Å²) in [6.07, 6.45) is 0. The lowest BCUT2D eigenvalue weighted by atomic mass is 10.1. The van der Waals surface area contributed by atoms with Crippen LogP contribution in [0.4, 0.5) is 0 Å². The molecule has 1 fully saturated rings. The number of piperazine rings is 1. The molecule has 1 rings (SSSR count). The smallest absolute Gasteiger partial charge is 0.149 e. The predicted octanol–water partition coefficient (Wildman–Crippen LogP) is 1.49. The number of hydrogen-bond acceptors (Lipinski definition) is 3. The monoisotopic (exact) mass is 214 g/mol. The van der Waals surface area contributed by atoms with E-state index in [1.165, 1.54) is 0 Å². The Hall–Kier alpha value is -0.410. The summed E-state index contributed by atoms with van der Waals surface area (Å²) >= 11 is 0. The maximum atomic E-state index is 11.4. The summed E-state index contributed by atoms with van der Waals surface area (Å²) in [5.74, 6) is 0.546. The normalized spacial score (nSPS) is 18.5. The van der Waals surface area contributed by atoms with Crippen molar-refractivity contribution >= 4 is 5.78 Å². The Morgan fingerprint density at radius 1 is 1.13 bits per heavy atom. The Morgan fingerprint density at radius 2 is 1.60 bits per heavy atom. The average Bonchev–Trinajstić information content (AvgIpc) is 2.24. The van der Waals surface area contributed by atoms with Crippen LogP contribution in [0.2, 0.25) is 0 Å². The van der Waals surface area contributed by atoms with Gasteiger partial charge in [-0.05, 0) is 7.05 Å². The average molecular weight is 214 g/mol. The number of nitrogens with zero attached hydrogens (tertiary/aromatic N) is 2. The standard InChI is InChI=1S/C10H20N2O.C2H6/c1-9(2)10(13)8-12-6-4-11(3)5-7-12;1-2/h9H,4-8H2,1-3H3;1-2H3. The molecule has 0 spiro atoms. The summed E-state index contributed by atoms with van der Waals surface area (Å²) in [5.41, 5.74) is 0. The molecule has 0 unspecified atom stereocenters. The van der Waals surface area contributed by atoms with Crippen LogP contribution in [-0.4, -0.2) is 55.4 Å². The number of carbonyl (C=O) groups excluding carboxylic acids is 1. The number of likely N-dealkylation sites (N-methyl/N-ethyl adjacent to an activating group) is 1. The third-order valence-corrected chi connectivity index (χ3v) is 2.62. The Labute approximate surface area is 94.4 Å². The molecule has 1 heterocycles. The van der Waals surface area contributed by atoms with Crippen LogP contribution in [0.5, 0.6) is 0 Å². The van der Waals surface area contributed by atoms with E-state index in [9.17, 15) is 4.79 Å². The van der Waals surface area contributed by atoms with Crippen molar-refractivity contribution in [1.29, 1.82) is 0 Å². The number of rotatable bonds is 3. The summed E-state index contributed by atoms with van der Waals surface area (Å²) in [6.45, 7) is 12.8. The Kier molecular flexibility index (Phi) is 7.61. The summed E-state index contributed by atoms with van der Waals surface area (Å²) in [6, 6.07) is 0. The molecule has 1 aliphatic rings. The van der Waals surface area contributed by atoms with E-state index in [1.807, 2.05) is 27.7 Å². The second kappa shape index (κ2) is 7.83. The van der Waals surface area contributed by atoms with Crippen molar-refractivity contribution in [3.8, 4) is 0 Å². The molecule has 0 amide bonds. The Bertz CT molecular complexity index is 172. The van der Waals surface area contributed by atoms with Gasteiger partial charge in [0.15, 0.2) is 0 Å². The Morgan fingerprint density at radius 3 is 2.00 bits per heavy atom. The van der Waals surface area contributed by atoms with Crippen LogP contribution >= 0.6 is 0 Å². The van der Waals surface area contributed by atoms with Gasteiger partial charge in [0.2, 0.25) is 0 Å². The molecule has 0 N–H and O–H groups in total. The molecule has 1 aliphatic heterocycles. The van der Waals surface area contributed by atoms with E-state index in [2.05, 4.69) is 16.8 Å². The molecule has 0 bridgehead atoms. The number of Topliss-reactive ketones (excluding diaryl/α,β-unsaturated/α-hetero) is 1. The largest absolute Gasteiger partial charge is 0.304 e. The molecule has 90 valence electrons. The molecule has 3 nitrogen and oxygen atoms in total. The van der Waals surface area contributed by atoms with Gasteiger partial charge in [-0.3, -0.25) is 9.69 Å². The second-order valence-electron chi connectivity index (χ2n) is 4.20. The van der Waals surface area contributed by atoms with E-state index in [4.69, 9.17) is 0 Å². The van der Waals surface area contributed by atoms with Gasteiger partial charge in [0, 0.05) is 32.1 Å². The molecule has 0 radical (unpaired) electrons. The minimum Gasteiger partial charge on any atom is -0.304 e. The third kappa shape index (κ3) is 5.90. The molecular weight excluding hydrogens is 188 g/mol. The second-order valence-corrected chi connectivity index (χ2v) is 4.20. The highest BCUT2D eigenvalue weighted by Gasteiger charge is 2.17. The molecule has 0 atom stereocenters. The highest BCUT2D eigenvalue weighted by molar-refractivity contribution is 5.82. The van der Waals surface area contributed by atoms with Gasteiger partial charge in [-0.15, -0.1) is 0 Å². The molecule has 3 heteroatoms. The molecular formula is C12H26N2O. The van der Waals surface area contributed by atoms with Crippen LogP contribution in [0, 0.1) is 5.92 Å². The van der Waals surface area contributed by atoms with Gasteiger partial charge in [0.05, 0.1) is 6.54 Å². The van der Waals surface area contributed by atoms with Crippen molar-refractivity contribution in [1.82, 2.24) is 9.80 Å². The Balaban J connectivity index is 0.000000921. The van der Waals surface area contributed by atoms with E-state index < -0.39 is 0 Å².